The van der Waals surface area contributed by atoms with Gasteiger partial charge < -0.3 is 47.7 Å². The number of carbonyl (C=O) groups excluding carboxylic acids is 6. The number of sulfone groups is 1. The molecule has 0 unspecified atom stereocenters. The van der Waals surface area contributed by atoms with Crippen molar-refractivity contribution in [2.75, 3.05) is 125 Å². The van der Waals surface area contributed by atoms with E-state index in [2.05, 4.69) is 25.1 Å². The number of benzene rings is 8. The molecule has 6 fully saturated rings. The maximum absolute atomic E-state index is 14.7. The van der Waals surface area contributed by atoms with Gasteiger partial charge in [0.25, 0.3) is 5.88 Å². The molecular formula is C94H90F6N12O15S5. The second-order valence-corrected chi connectivity index (χ2v) is 36.3. The third kappa shape index (κ3) is 24.0. The Morgan fingerprint density at radius 1 is 0.462 bits per heavy atom. The van der Waals surface area contributed by atoms with Gasteiger partial charge in [-0.1, -0.05) is 55.5 Å². The van der Waals surface area contributed by atoms with Gasteiger partial charge in [-0.3, -0.25) is 34.0 Å². The van der Waals surface area contributed by atoms with Crippen molar-refractivity contribution in [2.45, 2.75) is 83.5 Å². The molecule has 0 saturated carbocycles. The zero-order chi connectivity index (χ0) is 93.3. The van der Waals surface area contributed by atoms with Crippen LogP contribution in [0.5, 0.6) is 5.88 Å². The first-order valence-electron chi connectivity index (χ1n) is 41.5. The highest BCUT2D eigenvalue weighted by Gasteiger charge is 2.39. The molecule has 4 aromatic heterocycles. The van der Waals surface area contributed by atoms with Crippen LogP contribution in [0.1, 0.15) is 20.3 Å². The Morgan fingerprint density at radius 3 is 1.28 bits per heavy atom. The van der Waals surface area contributed by atoms with E-state index in [0.717, 1.165) is 53.3 Å². The van der Waals surface area contributed by atoms with Gasteiger partial charge in [-0.15, -0.1) is 47.0 Å². The maximum atomic E-state index is 14.7. The molecule has 0 radical (unpaired) electrons. The van der Waals surface area contributed by atoms with Crippen LogP contribution in [-0.2, 0) is 51.4 Å². The van der Waals surface area contributed by atoms with E-state index in [1.807, 2.05) is 146 Å². The van der Waals surface area contributed by atoms with E-state index in [1.165, 1.54) is 75.0 Å². The summed E-state index contributed by atoms with van der Waals surface area (Å²) in [6, 6.07) is 55.1. The Morgan fingerprint density at radius 2 is 0.864 bits per heavy atom. The van der Waals surface area contributed by atoms with Crippen LogP contribution in [0.4, 0.5) is 84.6 Å². The number of ether oxygens (including phenoxy) is 6. The predicted molar refractivity (Wildman–Crippen MR) is 495 cm³/mol. The number of carbonyl (C=O) groups is 6. The van der Waals surface area contributed by atoms with E-state index in [9.17, 15) is 63.5 Å². The molecule has 12 aromatic rings. The number of pyridine rings is 1. The van der Waals surface area contributed by atoms with Gasteiger partial charge in [-0.05, 0) is 192 Å². The smallest absolute Gasteiger partial charge is 0.414 e. The first kappa shape index (κ1) is 95.1. The number of nitrogens with zero attached hydrogens (tertiary/aromatic N) is 11. The summed E-state index contributed by atoms with van der Waals surface area (Å²) in [4.78, 5) is 88.3. The largest absolute Gasteiger partial charge is 0.471 e. The average Bonchev–Trinajstić information content (AvgIpc) is 1.61. The molecule has 27 nitrogen and oxygen atoms in total. The van der Waals surface area contributed by atoms with Crippen LogP contribution in [-0.4, -0.2) is 195 Å². The predicted octanol–water partition coefficient (Wildman–Crippen LogP) is 19.1. The quantitative estimate of drug-likeness (QED) is 0.0334. The van der Waals surface area contributed by atoms with E-state index in [0.29, 0.717) is 90.0 Å². The highest BCUT2D eigenvalue weighted by molar-refractivity contribution is 7.99. The molecule has 5 atom stereocenters. The van der Waals surface area contributed by atoms with Gasteiger partial charge in [0.1, 0.15) is 66.4 Å². The monoisotopic (exact) mass is 1900 g/mol. The molecule has 38 heteroatoms. The Bertz CT molecular complexity index is 5970. The Balaban J connectivity index is 0.000000133. The van der Waals surface area contributed by atoms with Crippen molar-refractivity contribution in [3.05, 3.63) is 266 Å². The average molecular weight is 1900 g/mol. The fraction of sp³-hybridized carbons (Fsp3) is 0.266. The number of thioether (sulfide) groups is 4. The van der Waals surface area contributed by atoms with Gasteiger partial charge in [-0.25, -0.2) is 63.7 Å². The van der Waals surface area contributed by atoms with Crippen LogP contribution < -0.4 is 39.5 Å². The van der Waals surface area contributed by atoms with Crippen molar-refractivity contribution in [1.82, 2.24) is 29.8 Å². The molecule has 1 N–H and O–H groups in total. The molecular weight excluding hydrogens is 1810 g/mol. The van der Waals surface area contributed by atoms with Crippen LogP contribution in [0.25, 0.3) is 44.5 Å². The van der Waals surface area contributed by atoms with Gasteiger partial charge in [-0.2, -0.15) is 5.10 Å². The topological polar surface area (TPSA) is 285 Å². The number of cyclic esters (lactones) is 5. The molecule has 18 rings (SSSR count). The summed E-state index contributed by atoms with van der Waals surface area (Å²) in [7, 11) is -3.04. The minimum Gasteiger partial charge on any atom is -0.471 e. The summed E-state index contributed by atoms with van der Waals surface area (Å²) >= 11 is 6.45. The standard InChI is InChI=1S/C21H19FN2O2S.C20H18FN3O2S.C20H17FN2O4S.C19H18F2N2O3S.C14H18FN3O4S/c1-27-18-7-4-15(5-8-18)19-9-6-16(12-20(19)22)24-14-17(26-21(24)25)13-23-10-2-3-11-23;1-27-17-6-3-14(4-7-17)18-8-5-15(11-19(18)21)24-13-16(26-20(24)25)12-23-10-2-9-22-23;1-28-16-5-2-13(3-6-16)17-7-4-14(10-18(17)21)23-11-15(27-20(23)24)12-25-19-8-9-26-22-19;1-11(24)22-9-14-10-23(19(25)26-14)13-7-16(20)18(17(21)8-13)12-3-5-15(27-2)6-4-12;1-2-11-9-18(14(19)22-11)10-7-12(15)13(16-8-10)17-3-5-23(20,21)6-4-17/h2-12,17H,13-14H2,1H3;2-11,16H,12-13H2,1H3;2-10,15H,11-12H2,1H3;3-8,14H,9-10H2,1-2H3,(H,22,24);7-8,11H,2-6,9H2,1H3/t17-;16-;15-;14-;11-/m00100/s1. The van der Waals surface area contributed by atoms with Crippen molar-refractivity contribution in [1.29, 1.82) is 0 Å². The molecule has 0 spiro atoms. The Kier molecular flexibility index (Phi) is 31.5. The fourth-order valence-electron chi connectivity index (χ4n) is 14.8. The fourth-order valence-corrected chi connectivity index (χ4v) is 17.7. The van der Waals surface area contributed by atoms with Gasteiger partial charge >= 0.3 is 30.5 Å². The molecule has 688 valence electrons. The van der Waals surface area contributed by atoms with Crippen LogP contribution in [0, 0.1) is 34.9 Å². The highest BCUT2D eigenvalue weighted by Crippen LogP contribution is 2.38. The summed E-state index contributed by atoms with van der Waals surface area (Å²) in [5.41, 5.74) is 6.04. The number of amides is 6. The van der Waals surface area contributed by atoms with Crippen molar-refractivity contribution in [2.24, 2.45) is 0 Å². The number of anilines is 6. The number of aromatic nitrogens is 5. The van der Waals surface area contributed by atoms with Crippen molar-refractivity contribution in [3.8, 4) is 50.4 Å². The molecule has 132 heavy (non-hydrogen) atoms. The third-order valence-corrected chi connectivity index (χ3v) is 26.3. The van der Waals surface area contributed by atoms with E-state index in [1.54, 1.807) is 118 Å². The Hall–Kier alpha value is -13.0. The number of halogens is 6. The number of hydrogen-bond acceptors (Lipinski definition) is 23. The van der Waals surface area contributed by atoms with Crippen molar-refractivity contribution < 1.29 is 96.5 Å². The lowest BCUT2D eigenvalue weighted by molar-refractivity contribution is -0.119. The Labute approximate surface area is 773 Å². The van der Waals surface area contributed by atoms with Crippen LogP contribution in [0.2, 0.25) is 0 Å². The SMILES string of the molecule is CC[C@H]1CN(c2cnc(N3CCS(=O)(=O)CC3)c(F)c2)C(=O)O1.CSc1ccc(-c2c(F)cc(N3C[C@H](CNC(C)=O)OC3=O)cc2F)cc1.CSc1ccc(-c2ccc(N3C[C@H](COc4ccon4)OC3=O)cc2F)cc1.CSc1ccc(-c2ccc(N3C[C@H](Cn4cccc4)OC3=O)cc2F)cc1.CSc1ccc(-c2ccc(N3C[C@H](Cn4cccn4)OC3=O)cc2F)cc1. The second-order valence-electron chi connectivity index (χ2n) is 30.5. The summed E-state index contributed by atoms with van der Waals surface area (Å²) < 4.78 is 151. The number of nitrogens with one attached hydrogen (secondary N) is 1. The first-order chi connectivity index (χ1) is 63.7. The molecule has 6 amide bonds. The van der Waals surface area contributed by atoms with Crippen LogP contribution in [0.15, 0.2) is 255 Å². The summed E-state index contributed by atoms with van der Waals surface area (Å²) in [5.74, 6) is -3.06. The lowest BCUT2D eigenvalue weighted by Crippen LogP contribution is -2.41. The third-order valence-electron chi connectivity index (χ3n) is 21.7. The normalized spacial score (nSPS) is 17.8. The zero-order valence-electron chi connectivity index (χ0n) is 72.1. The molecule has 0 aliphatic carbocycles. The second kappa shape index (κ2) is 43.8. The van der Waals surface area contributed by atoms with Gasteiger partial charge in [0, 0.05) is 93.2 Å². The molecule has 0 bridgehead atoms. The lowest BCUT2D eigenvalue weighted by atomic mass is 10.0. The first-order valence-corrected chi connectivity index (χ1v) is 48.2. The van der Waals surface area contributed by atoms with Crippen LogP contribution in [0.3, 0.4) is 0 Å². The van der Waals surface area contributed by atoms with E-state index in [4.69, 9.17) is 28.4 Å². The molecule has 10 heterocycles. The van der Waals surface area contributed by atoms with E-state index in [-0.39, 0.29) is 104 Å². The molecule has 6 aliphatic rings. The van der Waals surface area contributed by atoms with E-state index < -0.39 is 75.8 Å². The minimum absolute atomic E-state index is 0.00744. The number of rotatable bonds is 24. The highest BCUT2D eigenvalue weighted by atomic mass is 32.2. The zero-order valence-corrected chi connectivity index (χ0v) is 76.2. The summed E-state index contributed by atoms with van der Waals surface area (Å²) in [6.07, 6.45) is 14.3. The van der Waals surface area contributed by atoms with E-state index >= 15 is 0 Å². The van der Waals surface area contributed by atoms with Gasteiger partial charge in [0.15, 0.2) is 27.6 Å². The van der Waals surface area contributed by atoms with Crippen LogP contribution >= 0.6 is 47.0 Å². The van der Waals surface area contributed by atoms with Gasteiger partial charge in [0.05, 0.1) is 104 Å². The minimum atomic E-state index is -3.04. The van der Waals surface area contributed by atoms with Crippen molar-refractivity contribution >= 4 is 128 Å². The molecule has 6 aliphatic heterocycles. The van der Waals surface area contributed by atoms with Crippen molar-refractivity contribution in [3.63, 3.8) is 0 Å². The molecule has 6 saturated heterocycles. The summed E-state index contributed by atoms with van der Waals surface area (Å²) in [6.45, 7) is 6.52. The number of hydrogen-bond donors (Lipinski definition) is 1. The maximum Gasteiger partial charge on any atom is 0.414 e. The lowest BCUT2D eigenvalue weighted by Gasteiger charge is -2.28. The van der Waals surface area contributed by atoms with Gasteiger partial charge in [0.2, 0.25) is 5.91 Å². The molecule has 8 aromatic carbocycles. The summed E-state index contributed by atoms with van der Waals surface area (Å²) in [5, 5.41) is 10.3.